The molecule has 0 radical (unpaired) electrons. The standard InChI is InChI=1S/C25H31NO5/c1-5-18(3)31-22-10-9-20(16-21(22)23(27)29-4)26-24(28)25(11-13-30-14-12-25)19-8-6-7-17(2)15-19/h6-10,15-16,18H,5,11-14H2,1-4H3,(H,26,28)/t18-/m0/s1. The van der Waals surface area contributed by atoms with Crippen molar-refractivity contribution < 1.29 is 23.8 Å². The van der Waals surface area contributed by atoms with E-state index in [0.29, 0.717) is 37.5 Å². The van der Waals surface area contributed by atoms with E-state index in [-0.39, 0.29) is 17.6 Å². The van der Waals surface area contributed by atoms with Crippen molar-refractivity contribution in [3.05, 3.63) is 59.2 Å². The molecule has 1 aliphatic heterocycles. The van der Waals surface area contributed by atoms with Crippen LogP contribution in [0.1, 0.15) is 54.6 Å². The highest BCUT2D eigenvalue weighted by Crippen LogP contribution is 2.37. The van der Waals surface area contributed by atoms with Gasteiger partial charge in [0.15, 0.2) is 0 Å². The maximum absolute atomic E-state index is 13.5. The van der Waals surface area contributed by atoms with Crippen molar-refractivity contribution in [2.75, 3.05) is 25.6 Å². The Morgan fingerprint density at radius 1 is 1.16 bits per heavy atom. The fraction of sp³-hybridized carbons (Fsp3) is 0.440. The minimum absolute atomic E-state index is 0.0457. The first-order valence-electron chi connectivity index (χ1n) is 10.7. The summed E-state index contributed by atoms with van der Waals surface area (Å²) in [5, 5.41) is 3.03. The first-order chi connectivity index (χ1) is 14.9. The second kappa shape index (κ2) is 9.96. The summed E-state index contributed by atoms with van der Waals surface area (Å²) in [6.45, 7) is 7.02. The highest BCUT2D eigenvalue weighted by atomic mass is 16.5. The van der Waals surface area contributed by atoms with E-state index in [2.05, 4.69) is 11.4 Å². The molecule has 0 saturated carbocycles. The van der Waals surface area contributed by atoms with Crippen molar-refractivity contribution in [3.8, 4) is 5.75 Å². The summed E-state index contributed by atoms with van der Waals surface area (Å²) in [5.41, 5.74) is 2.23. The van der Waals surface area contributed by atoms with Crippen LogP contribution >= 0.6 is 0 Å². The molecular weight excluding hydrogens is 394 g/mol. The summed E-state index contributed by atoms with van der Waals surface area (Å²) in [7, 11) is 1.33. The number of carbonyl (C=O) groups is 2. The van der Waals surface area contributed by atoms with E-state index in [4.69, 9.17) is 14.2 Å². The molecule has 0 spiro atoms. The van der Waals surface area contributed by atoms with Crippen molar-refractivity contribution in [2.24, 2.45) is 0 Å². The quantitative estimate of drug-likeness (QED) is 0.654. The third-order valence-electron chi connectivity index (χ3n) is 5.90. The summed E-state index contributed by atoms with van der Waals surface area (Å²) >= 11 is 0. The van der Waals surface area contributed by atoms with Crippen molar-refractivity contribution >= 4 is 17.6 Å². The number of anilines is 1. The fourth-order valence-electron chi connectivity index (χ4n) is 3.84. The lowest BCUT2D eigenvalue weighted by Crippen LogP contribution is -2.44. The number of hydrogen-bond donors (Lipinski definition) is 1. The highest BCUT2D eigenvalue weighted by molar-refractivity contribution is 6.01. The van der Waals surface area contributed by atoms with E-state index in [0.717, 1.165) is 17.5 Å². The van der Waals surface area contributed by atoms with Crippen molar-refractivity contribution in [3.63, 3.8) is 0 Å². The van der Waals surface area contributed by atoms with Crippen LogP contribution in [0, 0.1) is 6.92 Å². The van der Waals surface area contributed by atoms with Crippen LogP contribution in [0.5, 0.6) is 5.75 Å². The van der Waals surface area contributed by atoms with Gasteiger partial charge >= 0.3 is 5.97 Å². The van der Waals surface area contributed by atoms with Crippen molar-refractivity contribution in [2.45, 2.75) is 51.6 Å². The summed E-state index contributed by atoms with van der Waals surface area (Å²) in [6.07, 6.45) is 1.96. The molecule has 1 atom stereocenters. The van der Waals surface area contributed by atoms with Gasteiger partial charge in [-0.25, -0.2) is 4.79 Å². The second-order valence-electron chi connectivity index (χ2n) is 8.06. The number of ether oxygens (including phenoxy) is 3. The van der Waals surface area contributed by atoms with Crippen LogP contribution in [0.15, 0.2) is 42.5 Å². The van der Waals surface area contributed by atoms with E-state index < -0.39 is 11.4 Å². The molecule has 166 valence electrons. The predicted octanol–water partition coefficient (Wildman–Crippen LogP) is 4.65. The molecule has 1 saturated heterocycles. The van der Waals surface area contributed by atoms with Crippen LogP contribution in [0.2, 0.25) is 0 Å². The first-order valence-corrected chi connectivity index (χ1v) is 10.7. The molecule has 1 aliphatic rings. The van der Waals surface area contributed by atoms with Crippen LogP contribution in [-0.4, -0.2) is 38.3 Å². The van der Waals surface area contributed by atoms with Crippen LogP contribution < -0.4 is 10.1 Å². The molecule has 0 bridgehead atoms. The average Bonchev–Trinajstić information content (AvgIpc) is 2.79. The maximum atomic E-state index is 13.5. The van der Waals surface area contributed by atoms with Crippen LogP contribution in [0.4, 0.5) is 5.69 Å². The first kappa shape index (κ1) is 22.8. The average molecular weight is 426 g/mol. The molecular formula is C25H31NO5. The van der Waals surface area contributed by atoms with Gasteiger partial charge in [0.2, 0.25) is 5.91 Å². The molecule has 0 aromatic heterocycles. The smallest absolute Gasteiger partial charge is 0.341 e. The molecule has 2 aromatic carbocycles. The van der Waals surface area contributed by atoms with Crippen LogP contribution in [-0.2, 0) is 19.7 Å². The lowest BCUT2D eigenvalue weighted by Gasteiger charge is -2.36. The number of methoxy groups -OCH3 is 1. The molecule has 2 aromatic rings. The third kappa shape index (κ3) is 5.07. The van der Waals surface area contributed by atoms with Gasteiger partial charge in [0.1, 0.15) is 11.3 Å². The number of aryl methyl sites for hydroxylation is 1. The molecule has 31 heavy (non-hydrogen) atoms. The van der Waals surface area contributed by atoms with E-state index in [1.807, 2.05) is 39.0 Å². The number of esters is 1. The van der Waals surface area contributed by atoms with Crippen LogP contribution in [0.3, 0.4) is 0 Å². The predicted molar refractivity (Wildman–Crippen MR) is 120 cm³/mol. The Hall–Kier alpha value is -2.86. The molecule has 3 rings (SSSR count). The normalized spacial score (nSPS) is 16.3. The van der Waals surface area contributed by atoms with E-state index in [9.17, 15) is 9.59 Å². The van der Waals surface area contributed by atoms with Gasteiger partial charge in [-0.05, 0) is 56.9 Å². The van der Waals surface area contributed by atoms with Gasteiger partial charge in [0.05, 0.1) is 18.6 Å². The molecule has 0 aliphatic carbocycles. The summed E-state index contributed by atoms with van der Waals surface area (Å²) in [5.74, 6) is -0.166. The van der Waals surface area contributed by atoms with E-state index >= 15 is 0 Å². The Balaban J connectivity index is 1.92. The maximum Gasteiger partial charge on any atom is 0.341 e. The zero-order valence-electron chi connectivity index (χ0n) is 18.7. The van der Waals surface area contributed by atoms with Gasteiger partial charge in [0, 0.05) is 18.9 Å². The Morgan fingerprint density at radius 3 is 2.55 bits per heavy atom. The SMILES string of the molecule is CC[C@H](C)Oc1ccc(NC(=O)C2(c3cccc(C)c3)CCOCC2)cc1C(=O)OC. The summed E-state index contributed by atoms with van der Waals surface area (Å²) < 4.78 is 16.3. The number of benzene rings is 2. The molecule has 0 unspecified atom stereocenters. The van der Waals surface area contributed by atoms with Gasteiger partial charge in [-0.15, -0.1) is 0 Å². The lowest BCUT2D eigenvalue weighted by atomic mass is 9.73. The van der Waals surface area contributed by atoms with Gasteiger partial charge in [0.25, 0.3) is 0 Å². The number of amides is 1. The largest absolute Gasteiger partial charge is 0.490 e. The monoisotopic (exact) mass is 425 g/mol. The van der Waals surface area contributed by atoms with Crippen molar-refractivity contribution in [1.82, 2.24) is 0 Å². The molecule has 1 heterocycles. The molecule has 6 heteroatoms. The zero-order valence-corrected chi connectivity index (χ0v) is 18.7. The van der Waals surface area contributed by atoms with E-state index in [1.54, 1.807) is 18.2 Å². The number of rotatable bonds is 7. The summed E-state index contributed by atoms with van der Waals surface area (Å²) in [6, 6.07) is 13.1. The molecule has 1 amide bonds. The molecule has 1 N–H and O–H groups in total. The number of carbonyl (C=O) groups excluding carboxylic acids is 2. The fourth-order valence-corrected chi connectivity index (χ4v) is 3.84. The second-order valence-corrected chi connectivity index (χ2v) is 8.06. The topological polar surface area (TPSA) is 73.9 Å². The third-order valence-corrected chi connectivity index (χ3v) is 5.90. The number of nitrogens with one attached hydrogen (secondary N) is 1. The Morgan fingerprint density at radius 2 is 1.90 bits per heavy atom. The molecule has 1 fully saturated rings. The summed E-state index contributed by atoms with van der Waals surface area (Å²) in [4.78, 5) is 25.9. The van der Waals surface area contributed by atoms with Gasteiger partial charge < -0.3 is 19.5 Å². The van der Waals surface area contributed by atoms with Crippen molar-refractivity contribution in [1.29, 1.82) is 0 Å². The molecule has 6 nitrogen and oxygen atoms in total. The minimum atomic E-state index is -0.679. The highest BCUT2D eigenvalue weighted by Gasteiger charge is 2.41. The Labute approximate surface area is 183 Å². The van der Waals surface area contributed by atoms with Gasteiger partial charge in [-0.2, -0.15) is 0 Å². The van der Waals surface area contributed by atoms with Gasteiger partial charge in [-0.3, -0.25) is 4.79 Å². The van der Waals surface area contributed by atoms with Gasteiger partial charge in [-0.1, -0.05) is 36.8 Å². The minimum Gasteiger partial charge on any atom is -0.490 e. The Bertz CT molecular complexity index is 933. The lowest BCUT2D eigenvalue weighted by molar-refractivity contribution is -0.125. The zero-order chi connectivity index (χ0) is 22.4. The number of hydrogen-bond acceptors (Lipinski definition) is 5. The van der Waals surface area contributed by atoms with Crippen LogP contribution in [0.25, 0.3) is 0 Å². The Kier molecular flexibility index (Phi) is 7.33. The van der Waals surface area contributed by atoms with E-state index in [1.165, 1.54) is 7.11 Å².